The van der Waals surface area contributed by atoms with Gasteiger partial charge in [0.15, 0.2) is 0 Å². The Morgan fingerprint density at radius 3 is 1.90 bits per heavy atom. The Bertz CT molecular complexity index is 456. The Labute approximate surface area is 120 Å². The van der Waals surface area contributed by atoms with Crippen LogP contribution in [0.2, 0.25) is 0 Å². The van der Waals surface area contributed by atoms with Crippen LogP contribution in [0.15, 0.2) is 48.5 Å². The van der Waals surface area contributed by atoms with E-state index >= 15 is 0 Å². The van der Waals surface area contributed by atoms with Gasteiger partial charge in [0.25, 0.3) is 0 Å². The van der Waals surface area contributed by atoms with Crippen LogP contribution in [-0.4, -0.2) is 13.7 Å². The van der Waals surface area contributed by atoms with Gasteiger partial charge in [-0.1, -0.05) is 24.3 Å². The van der Waals surface area contributed by atoms with E-state index in [0.717, 1.165) is 23.6 Å². The molecule has 0 heterocycles. The molecular formula is C17H21NO2. The van der Waals surface area contributed by atoms with Gasteiger partial charge in [-0.15, -0.1) is 0 Å². The number of benzene rings is 2. The molecule has 106 valence electrons. The molecular weight excluding hydrogens is 250 g/mol. The molecule has 0 saturated carbocycles. The summed E-state index contributed by atoms with van der Waals surface area (Å²) in [6.45, 7) is 4.11. The second-order valence-corrected chi connectivity index (χ2v) is 4.54. The summed E-state index contributed by atoms with van der Waals surface area (Å²) in [5, 5.41) is 3.12. The van der Waals surface area contributed by atoms with E-state index in [1.807, 2.05) is 50.4 Å². The fraction of sp³-hybridized carbons (Fsp3) is 0.294. The van der Waals surface area contributed by atoms with Gasteiger partial charge in [0, 0.05) is 6.54 Å². The largest absolute Gasteiger partial charge is 0.494 e. The molecule has 0 aliphatic heterocycles. The van der Waals surface area contributed by atoms with E-state index in [1.54, 1.807) is 0 Å². The van der Waals surface area contributed by atoms with Gasteiger partial charge >= 0.3 is 0 Å². The highest BCUT2D eigenvalue weighted by molar-refractivity contribution is 5.29. The average Bonchev–Trinajstić information content (AvgIpc) is 2.49. The SMILES string of the molecule is CCOc1ccc(COc2ccc(CNC)cc2)cc1. The summed E-state index contributed by atoms with van der Waals surface area (Å²) in [6, 6.07) is 16.1. The molecule has 3 nitrogen and oxygen atoms in total. The molecule has 0 amide bonds. The van der Waals surface area contributed by atoms with Crippen LogP contribution in [-0.2, 0) is 13.2 Å². The van der Waals surface area contributed by atoms with E-state index in [0.29, 0.717) is 13.2 Å². The standard InChI is InChI=1S/C17H21NO2/c1-3-19-16-10-6-15(7-11-16)13-20-17-8-4-14(5-9-17)12-18-2/h4-11,18H,3,12-13H2,1-2H3. The topological polar surface area (TPSA) is 30.5 Å². The predicted octanol–water partition coefficient (Wildman–Crippen LogP) is 3.38. The molecule has 0 saturated heterocycles. The summed E-state index contributed by atoms with van der Waals surface area (Å²) >= 11 is 0. The molecule has 0 spiro atoms. The molecule has 2 aromatic carbocycles. The van der Waals surface area contributed by atoms with Crippen LogP contribution in [0.4, 0.5) is 0 Å². The number of hydrogen-bond acceptors (Lipinski definition) is 3. The van der Waals surface area contributed by atoms with Crippen LogP contribution in [0, 0.1) is 0 Å². The Hall–Kier alpha value is -2.00. The first-order valence-corrected chi connectivity index (χ1v) is 6.90. The number of nitrogens with one attached hydrogen (secondary N) is 1. The third kappa shape index (κ3) is 4.28. The molecule has 0 aliphatic carbocycles. The van der Waals surface area contributed by atoms with E-state index in [-0.39, 0.29) is 0 Å². The van der Waals surface area contributed by atoms with Gasteiger partial charge in [-0.25, -0.2) is 0 Å². The Morgan fingerprint density at radius 1 is 0.800 bits per heavy atom. The van der Waals surface area contributed by atoms with Gasteiger partial charge in [-0.05, 0) is 49.4 Å². The minimum Gasteiger partial charge on any atom is -0.494 e. The Kier molecular flexibility index (Phi) is 5.44. The van der Waals surface area contributed by atoms with E-state index in [4.69, 9.17) is 9.47 Å². The molecule has 0 aromatic heterocycles. The molecule has 20 heavy (non-hydrogen) atoms. The molecule has 0 aliphatic rings. The number of rotatable bonds is 7. The highest BCUT2D eigenvalue weighted by Crippen LogP contribution is 2.16. The lowest BCUT2D eigenvalue weighted by molar-refractivity contribution is 0.305. The monoisotopic (exact) mass is 271 g/mol. The molecule has 3 heteroatoms. The van der Waals surface area contributed by atoms with Crippen molar-refractivity contribution >= 4 is 0 Å². The fourth-order valence-electron chi connectivity index (χ4n) is 1.92. The maximum Gasteiger partial charge on any atom is 0.119 e. The third-order valence-electron chi connectivity index (χ3n) is 2.94. The number of hydrogen-bond donors (Lipinski definition) is 1. The molecule has 2 aromatic rings. The molecule has 0 fully saturated rings. The van der Waals surface area contributed by atoms with E-state index in [1.165, 1.54) is 5.56 Å². The van der Waals surface area contributed by atoms with Crippen molar-refractivity contribution in [2.75, 3.05) is 13.7 Å². The summed E-state index contributed by atoms with van der Waals surface area (Å²) in [5.41, 5.74) is 2.38. The summed E-state index contributed by atoms with van der Waals surface area (Å²) in [4.78, 5) is 0. The summed E-state index contributed by atoms with van der Waals surface area (Å²) in [6.07, 6.45) is 0. The van der Waals surface area contributed by atoms with E-state index in [2.05, 4.69) is 17.4 Å². The van der Waals surface area contributed by atoms with Crippen molar-refractivity contribution in [2.24, 2.45) is 0 Å². The molecule has 0 atom stereocenters. The van der Waals surface area contributed by atoms with Crippen LogP contribution in [0.3, 0.4) is 0 Å². The molecule has 1 N–H and O–H groups in total. The van der Waals surface area contributed by atoms with Crippen LogP contribution >= 0.6 is 0 Å². The zero-order chi connectivity index (χ0) is 14.2. The fourth-order valence-corrected chi connectivity index (χ4v) is 1.92. The smallest absolute Gasteiger partial charge is 0.119 e. The van der Waals surface area contributed by atoms with Crippen molar-refractivity contribution < 1.29 is 9.47 Å². The predicted molar refractivity (Wildman–Crippen MR) is 81.1 cm³/mol. The maximum absolute atomic E-state index is 5.76. The summed E-state index contributed by atoms with van der Waals surface area (Å²) in [5.74, 6) is 1.78. The minimum atomic E-state index is 0.567. The lowest BCUT2D eigenvalue weighted by atomic mass is 10.2. The third-order valence-corrected chi connectivity index (χ3v) is 2.94. The van der Waals surface area contributed by atoms with Crippen molar-refractivity contribution in [3.63, 3.8) is 0 Å². The van der Waals surface area contributed by atoms with Gasteiger partial charge in [0.05, 0.1) is 6.61 Å². The molecule has 0 unspecified atom stereocenters. The van der Waals surface area contributed by atoms with Gasteiger partial charge < -0.3 is 14.8 Å². The van der Waals surface area contributed by atoms with Crippen LogP contribution in [0.5, 0.6) is 11.5 Å². The first-order valence-electron chi connectivity index (χ1n) is 6.90. The second kappa shape index (κ2) is 7.56. The van der Waals surface area contributed by atoms with Gasteiger partial charge in [0.2, 0.25) is 0 Å². The normalized spacial score (nSPS) is 10.3. The first-order chi connectivity index (χ1) is 9.81. The van der Waals surface area contributed by atoms with Crippen LogP contribution in [0.25, 0.3) is 0 Å². The zero-order valence-corrected chi connectivity index (χ0v) is 12.1. The first kappa shape index (κ1) is 14.4. The van der Waals surface area contributed by atoms with Crippen LogP contribution in [0.1, 0.15) is 18.1 Å². The van der Waals surface area contributed by atoms with Crippen molar-refractivity contribution in [3.8, 4) is 11.5 Å². The highest BCUT2D eigenvalue weighted by atomic mass is 16.5. The van der Waals surface area contributed by atoms with Crippen molar-refractivity contribution in [1.29, 1.82) is 0 Å². The minimum absolute atomic E-state index is 0.567. The lowest BCUT2D eigenvalue weighted by Crippen LogP contribution is -2.04. The zero-order valence-electron chi connectivity index (χ0n) is 12.1. The van der Waals surface area contributed by atoms with Gasteiger partial charge in [-0.3, -0.25) is 0 Å². The van der Waals surface area contributed by atoms with Gasteiger partial charge in [0.1, 0.15) is 18.1 Å². The second-order valence-electron chi connectivity index (χ2n) is 4.54. The Morgan fingerprint density at radius 2 is 1.35 bits per heavy atom. The molecule has 2 rings (SSSR count). The Balaban J connectivity index is 1.87. The molecule has 0 radical (unpaired) electrons. The number of ether oxygens (including phenoxy) is 2. The maximum atomic E-state index is 5.76. The summed E-state index contributed by atoms with van der Waals surface area (Å²) < 4.78 is 11.2. The van der Waals surface area contributed by atoms with Crippen molar-refractivity contribution in [3.05, 3.63) is 59.7 Å². The van der Waals surface area contributed by atoms with Crippen molar-refractivity contribution in [2.45, 2.75) is 20.1 Å². The lowest BCUT2D eigenvalue weighted by Gasteiger charge is -2.08. The van der Waals surface area contributed by atoms with Gasteiger partial charge in [-0.2, -0.15) is 0 Å². The molecule has 0 bridgehead atoms. The van der Waals surface area contributed by atoms with Crippen LogP contribution < -0.4 is 14.8 Å². The average molecular weight is 271 g/mol. The highest BCUT2D eigenvalue weighted by Gasteiger charge is 1.98. The van der Waals surface area contributed by atoms with E-state index < -0.39 is 0 Å². The van der Waals surface area contributed by atoms with E-state index in [9.17, 15) is 0 Å². The quantitative estimate of drug-likeness (QED) is 0.837. The van der Waals surface area contributed by atoms with Crippen molar-refractivity contribution in [1.82, 2.24) is 5.32 Å². The summed E-state index contributed by atoms with van der Waals surface area (Å²) in [7, 11) is 1.94.